The Morgan fingerprint density at radius 1 is 1.37 bits per heavy atom. The van der Waals surface area contributed by atoms with Crippen molar-refractivity contribution in [2.24, 2.45) is 12.0 Å². The molecule has 0 amide bonds. The van der Waals surface area contributed by atoms with E-state index < -0.39 is 0 Å². The molecule has 152 valence electrons. The Balaban J connectivity index is 0.00000364. The van der Waals surface area contributed by atoms with Gasteiger partial charge in [0, 0.05) is 44.9 Å². The zero-order chi connectivity index (χ0) is 19.5. The van der Waals surface area contributed by atoms with Crippen LogP contribution in [0.4, 0.5) is 0 Å². The number of hydrogen-bond acceptors (Lipinski definition) is 4. The molecule has 0 aliphatic carbocycles. The Hall–Kier alpha value is -1.58. The Morgan fingerprint density at radius 2 is 2.04 bits per heavy atom. The van der Waals surface area contributed by atoms with Crippen LogP contribution in [0.15, 0.2) is 21.8 Å². The van der Waals surface area contributed by atoms with Crippen molar-refractivity contribution in [2.75, 3.05) is 14.1 Å². The van der Waals surface area contributed by atoms with Crippen LogP contribution in [0.25, 0.3) is 0 Å². The van der Waals surface area contributed by atoms with E-state index in [0.717, 1.165) is 24.0 Å². The minimum atomic E-state index is -0.0444. The molecule has 2 rings (SSSR count). The van der Waals surface area contributed by atoms with Gasteiger partial charge < -0.3 is 14.6 Å². The quantitative estimate of drug-likeness (QED) is 0.395. The van der Waals surface area contributed by atoms with Crippen LogP contribution in [-0.4, -0.2) is 39.7 Å². The van der Waals surface area contributed by atoms with E-state index in [-0.39, 0.29) is 29.4 Å². The number of rotatable bonds is 5. The first kappa shape index (κ1) is 23.5. The molecule has 2 heterocycles. The van der Waals surface area contributed by atoms with Gasteiger partial charge in [-0.1, -0.05) is 34.6 Å². The second-order valence-electron chi connectivity index (χ2n) is 7.99. The molecule has 0 unspecified atom stereocenters. The maximum atomic E-state index is 5.83. The van der Waals surface area contributed by atoms with E-state index in [0.29, 0.717) is 18.4 Å². The summed E-state index contributed by atoms with van der Waals surface area (Å²) >= 11 is 0. The van der Waals surface area contributed by atoms with Gasteiger partial charge in [0.2, 0.25) is 5.89 Å². The number of aryl methyl sites for hydroxylation is 1. The molecule has 0 fully saturated rings. The largest absolute Gasteiger partial charge is 0.443 e. The monoisotopic (exact) mass is 488 g/mol. The van der Waals surface area contributed by atoms with E-state index >= 15 is 0 Å². The number of oxazole rings is 1. The predicted molar refractivity (Wildman–Crippen MR) is 120 cm³/mol. The van der Waals surface area contributed by atoms with Gasteiger partial charge in [-0.25, -0.2) is 4.98 Å². The third-order valence-corrected chi connectivity index (χ3v) is 4.16. The van der Waals surface area contributed by atoms with Crippen LogP contribution >= 0.6 is 24.0 Å². The fourth-order valence-electron chi connectivity index (χ4n) is 2.77. The predicted octanol–water partition coefficient (Wildman–Crippen LogP) is 3.65. The van der Waals surface area contributed by atoms with Gasteiger partial charge >= 0.3 is 0 Å². The fraction of sp³-hybridized carbons (Fsp3) is 0.632. The molecule has 2 aromatic rings. The Kier molecular flexibility index (Phi) is 8.31. The zero-order valence-corrected chi connectivity index (χ0v) is 20.0. The van der Waals surface area contributed by atoms with Crippen LogP contribution in [0.2, 0.25) is 0 Å². The molecule has 0 saturated heterocycles. The minimum Gasteiger partial charge on any atom is -0.443 e. The maximum Gasteiger partial charge on any atom is 0.213 e. The molecular weight excluding hydrogens is 455 g/mol. The van der Waals surface area contributed by atoms with Crippen molar-refractivity contribution in [3.05, 3.63) is 35.3 Å². The average Bonchev–Trinajstić information content (AvgIpc) is 3.14. The number of aromatic nitrogens is 3. The van der Waals surface area contributed by atoms with Gasteiger partial charge in [-0.15, -0.1) is 24.0 Å². The van der Waals surface area contributed by atoms with Crippen molar-refractivity contribution in [2.45, 2.75) is 59.0 Å². The zero-order valence-electron chi connectivity index (χ0n) is 17.7. The third-order valence-electron chi connectivity index (χ3n) is 4.16. The van der Waals surface area contributed by atoms with Gasteiger partial charge in [0.15, 0.2) is 5.96 Å². The number of guanidine groups is 1. The van der Waals surface area contributed by atoms with Crippen LogP contribution in [0.1, 0.15) is 63.4 Å². The smallest absolute Gasteiger partial charge is 0.213 e. The van der Waals surface area contributed by atoms with Crippen LogP contribution in [0.3, 0.4) is 0 Å². The minimum absolute atomic E-state index is 0. The van der Waals surface area contributed by atoms with Crippen LogP contribution in [0.5, 0.6) is 0 Å². The van der Waals surface area contributed by atoms with Gasteiger partial charge in [-0.2, -0.15) is 5.10 Å². The first-order chi connectivity index (χ1) is 12.1. The van der Waals surface area contributed by atoms with Crippen molar-refractivity contribution in [3.63, 3.8) is 0 Å². The second-order valence-corrected chi connectivity index (χ2v) is 7.99. The molecule has 0 bridgehead atoms. The van der Waals surface area contributed by atoms with E-state index in [9.17, 15) is 0 Å². The van der Waals surface area contributed by atoms with Gasteiger partial charge in [0.1, 0.15) is 5.76 Å². The van der Waals surface area contributed by atoms with Crippen LogP contribution in [0, 0.1) is 0 Å². The number of nitrogens with zero attached hydrogens (tertiary/aromatic N) is 5. The summed E-state index contributed by atoms with van der Waals surface area (Å²) in [4.78, 5) is 10.8. The topological polar surface area (TPSA) is 71.5 Å². The van der Waals surface area contributed by atoms with Gasteiger partial charge in [-0.05, 0) is 5.92 Å². The lowest BCUT2D eigenvalue weighted by Gasteiger charge is -2.22. The van der Waals surface area contributed by atoms with Gasteiger partial charge in [0.05, 0.1) is 18.4 Å². The third kappa shape index (κ3) is 6.22. The highest BCUT2D eigenvalue weighted by Crippen LogP contribution is 2.22. The SMILES string of the molecule is CN=C(NCc1ncc(C(C)(C)C)o1)N(C)Cc1cn(C)nc1C(C)C.I. The molecule has 0 aliphatic heterocycles. The molecule has 0 atom stereocenters. The highest BCUT2D eigenvalue weighted by molar-refractivity contribution is 14.0. The summed E-state index contributed by atoms with van der Waals surface area (Å²) in [6.07, 6.45) is 3.87. The molecule has 0 saturated carbocycles. The van der Waals surface area contributed by atoms with E-state index in [2.05, 4.69) is 66.1 Å². The molecule has 0 aromatic carbocycles. The molecule has 1 N–H and O–H groups in total. The second kappa shape index (κ2) is 9.57. The standard InChI is InChI=1S/C19H32N6O.HI/c1-13(2)17-14(12-25(8)23-17)11-24(7)18(20-6)22-10-16-21-9-15(26-16)19(3,4)5;/h9,12-13H,10-11H2,1-8H3,(H,20,22);1H. The van der Waals surface area contributed by atoms with E-state index in [1.165, 1.54) is 5.56 Å². The first-order valence-corrected chi connectivity index (χ1v) is 9.01. The molecular formula is C19H33IN6O. The molecule has 8 heteroatoms. The average molecular weight is 488 g/mol. The normalized spacial score (nSPS) is 12.3. The summed E-state index contributed by atoms with van der Waals surface area (Å²) in [7, 11) is 5.75. The molecule has 0 radical (unpaired) electrons. The van der Waals surface area contributed by atoms with Crippen molar-refractivity contribution >= 4 is 29.9 Å². The summed E-state index contributed by atoms with van der Waals surface area (Å²) in [5, 5.41) is 7.89. The number of nitrogens with one attached hydrogen (secondary N) is 1. The number of halogens is 1. The van der Waals surface area contributed by atoms with Crippen molar-refractivity contribution < 1.29 is 4.42 Å². The van der Waals surface area contributed by atoms with E-state index in [1.807, 2.05) is 18.8 Å². The first-order valence-electron chi connectivity index (χ1n) is 9.01. The molecule has 0 aliphatic rings. The highest BCUT2D eigenvalue weighted by atomic mass is 127. The lowest BCUT2D eigenvalue weighted by Crippen LogP contribution is -2.38. The molecule has 27 heavy (non-hydrogen) atoms. The van der Waals surface area contributed by atoms with Gasteiger partial charge in [-0.3, -0.25) is 9.67 Å². The van der Waals surface area contributed by atoms with Crippen molar-refractivity contribution in [3.8, 4) is 0 Å². The van der Waals surface area contributed by atoms with E-state index in [4.69, 9.17) is 4.42 Å². The fourth-order valence-corrected chi connectivity index (χ4v) is 2.77. The highest BCUT2D eigenvalue weighted by Gasteiger charge is 2.20. The van der Waals surface area contributed by atoms with Crippen molar-refractivity contribution in [1.82, 2.24) is 25.0 Å². The lowest BCUT2D eigenvalue weighted by molar-refractivity contribution is 0.376. The number of aliphatic imine (C=N–C) groups is 1. The van der Waals surface area contributed by atoms with Crippen LogP contribution < -0.4 is 5.32 Å². The molecule has 7 nitrogen and oxygen atoms in total. The van der Waals surface area contributed by atoms with Gasteiger partial charge in [0.25, 0.3) is 0 Å². The van der Waals surface area contributed by atoms with Crippen LogP contribution in [-0.2, 0) is 25.6 Å². The Labute approximate surface area is 179 Å². The summed E-state index contributed by atoms with van der Waals surface area (Å²) in [5.41, 5.74) is 2.29. The lowest BCUT2D eigenvalue weighted by atomic mass is 9.94. The maximum absolute atomic E-state index is 5.83. The summed E-state index contributed by atoms with van der Waals surface area (Å²) in [6.45, 7) is 11.9. The molecule has 0 spiro atoms. The van der Waals surface area contributed by atoms with E-state index in [1.54, 1.807) is 13.2 Å². The number of hydrogen-bond donors (Lipinski definition) is 1. The Bertz CT molecular complexity index is 757. The molecule has 2 aromatic heterocycles. The summed E-state index contributed by atoms with van der Waals surface area (Å²) < 4.78 is 7.70. The van der Waals surface area contributed by atoms with Crippen molar-refractivity contribution in [1.29, 1.82) is 0 Å². The summed E-state index contributed by atoms with van der Waals surface area (Å²) in [5.74, 6) is 2.72. The Morgan fingerprint density at radius 3 is 2.56 bits per heavy atom. The summed E-state index contributed by atoms with van der Waals surface area (Å²) in [6, 6.07) is 0.